The zero-order valence-electron chi connectivity index (χ0n) is 18.8. The number of carbonyl (C=O) groups is 1. The second-order valence-corrected chi connectivity index (χ2v) is 8.59. The molecule has 1 fully saturated rings. The van der Waals surface area contributed by atoms with Crippen LogP contribution in [0.4, 0.5) is 10.5 Å². The third-order valence-corrected chi connectivity index (χ3v) is 6.16. The van der Waals surface area contributed by atoms with Gasteiger partial charge < -0.3 is 10.6 Å². The number of aromatic amines is 1. The molecule has 1 heterocycles. The van der Waals surface area contributed by atoms with Crippen molar-refractivity contribution in [3.8, 4) is 0 Å². The fourth-order valence-corrected chi connectivity index (χ4v) is 4.42. The molecule has 1 aliphatic rings. The first-order valence-corrected chi connectivity index (χ1v) is 11.4. The maximum Gasteiger partial charge on any atom is 0.320 e. The van der Waals surface area contributed by atoms with E-state index in [-0.39, 0.29) is 6.03 Å². The van der Waals surface area contributed by atoms with Crippen LogP contribution in [0.2, 0.25) is 0 Å². The molecule has 2 aromatic carbocycles. The van der Waals surface area contributed by atoms with Gasteiger partial charge in [-0.3, -0.25) is 10.00 Å². The van der Waals surface area contributed by atoms with E-state index in [1.807, 2.05) is 55.5 Å². The highest BCUT2D eigenvalue weighted by molar-refractivity contribution is 5.90. The van der Waals surface area contributed by atoms with Crippen LogP contribution in [0.15, 0.2) is 54.6 Å². The van der Waals surface area contributed by atoms with Crippen molar-refractivity contribution < 1.29 is 4.79 Å². The first-order chi connectivity index (χ1) is 15.6. The van der Waals surface area contributed by atoms with E-state index in [0.29, 0.717) is 17.7 Å². The molecule has 1 aromatic heterocycles. The average molecular weight is 433 g/mol. The number of para-hydroxylation sites is 1. The van der Waals surface area contributed by atoms with E-state index in [1.54, 1.807) is 0 Å². The number of H-pyrrole nitrogens is 1. The highest BCUT2D eigenvalue weighted by atomic mass is 16.2. The van der Waals surface area contributed by atoms with Crippen molar-refractivity contribution in [3.05, 3.63) is 77.4 Å². The Hall–Kier alpha value is -3.19. The molecule has 3 aromatic rings. The Kier molecular flexibility index (Phi) is 7.17. The van der Waals surface area contributed by atoms with Gasteiger partial charge in [0, 0.05) is 18.3 Å². The number of hydrogen-bond acceptors (Lipinski definition) is 4. The van der Waals surface area contributed by atoms with Gasteiger partial charge in [-0.25, -0.2) is 9.78 Å². The summed E-state index contributed by atoms with van der Waals surface area (Å²) < 4.78 is 0. The monoisotopic (exact) mass is 432 g/mol. The smallest absolute Gasteiger partial charge is 0.320 e. The van der Waals surface area contributed by atoms with Crippen LogP contribution in [-0.2, 0) is 6.54 Å². The van der Waals surface area contributed by atoms with Gasteiger partial charge in [0.25, 0.3) is 0 Å². The van der Waals surface area contributed by atoms with Gasteiger partial charge in [-0.15, -0.1) is 0 Å². The molecule has 0 bridgehead atoms. The second kappa shape index (κ2) is 10.4. The average Bonchev–Trinajstić information content (AvgIpc) is 3.26. The number of aryl methyl sites for hydroxylation is 1. The van der Waals surface area contributed by atoms with Crippen LogP contribution in [0.25, 0.3) is 0 Å². The third-order valence-electron chi connectivity index (χ3n) is 6.16. The lowest BCUT2D eigenvalue weighted by Gasteiger charge is -2.31. The molecule has 7 nitrogen and oxygen atoms in total. The van der Waals surface area contributed by atoms with E-state index in [2.05, 4.69) is 43.8 Å². The number of benzene rings is 2. The minimum absolute atomic E-state index is 0.283. The van der Waals surface area contributed by atoms with Crippen molar-refractivity contribution in [2.75, 3.05) is 12.4 Å². The number of hydrogen-bond donors (Lipinski definition) is 3. The lowest BCUT2D eigenvalue weighted by molar-refractivity contribution is 0.185. The Morgan fingerprint density at radius 2 is 1.81 bits per heavy atom. The van der Waals surface area contributed by atoms with Crippen molar-refractivity contribution in [1.82, 2.24) is 25.4 Å². The van der Waals surface area contributed by atoms with Gasteiger partial charge in [0.1, 0.15) is 11.9 Å². The van der Waals surface area contributed by atoms with Crippen molar-refractivity contribution >= 4 is 11.7 Å². The minimum atomic E-state index is -0.446. The molecular formula is C25H32N6O. The standard InChI is InChI=1S/C25H32N6O/c1-18-26-24(30-29-18)23(19-11-5-3-6-12-19)28-25(32)27-22-16-10-9-13-20(22)17-31(2)21-14-7-4-8-15-21/h3,5-6,9-13,16,21,23H,4,7-8,14-15,17H2,1-2H3,(H,26,29,30)(H2,27,28,32). The molecule has 3 N–H and O–H groups in total. The van der Waals surface area contributed by atoms with E-state index in [1.165, 1.54) is 32.1 Å². The number of carbonyl (C=O) groups excluding carboxylic acids is 1. The third kappa shape index (κ3) is 5.53. The number of anilines is 1. The Morgan fingerprint density at radius 1 is 1.09 bits per heavy atom. The lowest BCUT2D eigenvalue weighted by atomic mass is 9.94. The molecule has 4 rings (SSSR count). The molecule has 1 saturated carbocycles. The predicted molar refractivity (Wildman–Crippen MR) is 126 cm³/mol. The van der Waals surface area contributed by atoms with Gasteiger partial charge in [-0.1, -0.05) is 67.8 Å². The highest BCUT2D eigenvalue weighted by Crippen LogP contribution is 2.25. The normalized spacial score (nSPS) is 15.5. The Bertz CT molecular complexity index is 1010. The van der Waals surface area contributed by atoms with Gasteiger partial charge in [-0.2, -0.15) is 5.10 Å². The molecule has 1 unspecified atom stereocenters. The Balaban J connectivity index is 1.47. The second-order valence-electron chi connectivity index (χ2n) is 8.59. The number of nitrogens with one attached hydrogen (secondary N) is 3. The van der Waals surface area contributed by atoms with Crippen molar-refractivity contribution in [3.63, 3.8) is 0 Å². The molecule has 0 aliphatic heterocycles. The lowest BCUT2D eigenvalue weighted by Crippen LogP contribution is -2.35. The first kappa shape index (κ1) is 22.0. The molecular weight excluding hydrogens is 400 g/mol. The molecule has 0 radical (unpaired) electrons. The number of amides is 2. The van der Waals surface area contributed by atoms with Crippen LogP contribution in [0, 0.1) is 6.92 Å². The van der Waals surface area contributed by atoms with Crippen LogP contribution < -0.4 is 10.6 Å². The van der Waals surface area contributed by atoms with Crippen molar-refractivity contribution in [2.24, 2.45) is 0 Å². The van der Waals surface area contributed by atoms with Gasteiger partial charge in [0.15, 0.2) is 5.82 Å². The number of urea groups is 1. The van der Waals surface area contributed by atoms with E-state index in [0.717, 1.165) is 23.4 Å². The molecule has 168 valence electrons. The quantitative estimate of drug-likeness (QED) is 0.501. The number of aromatic nitrogens is 3. The zero-order valence-corrected chi connectivity index (χ0v) is 18.8. The fourth-order valence-electron chi connectivity index (χ4n) is 4.42. The maximum absolute atomic E-state index is 13.0. The van der Waals surface area contributed by atoms with Crippen LogP contribution in [0.1, 0.15) is 60.9 Å². The predicted octanol–water partition coefficient (Wildman–Crippen LogP) is 4.79. The minimum Gasteiger partial charge on any atom is -0.324 e. The van der Waals surface area contributed by atoms with Gasteiger partial charge >= 0.3 is 6.03 Å². The largest absolute Gasteiger partial charge is 0.324 e. The van der Waals surface area contributed by atoms with Gasteiger partial charge in [-0.05, 0) is 44.0 Å². The maximum atomic E-state index is 13.0. The van der Waals surface area contributed by atoms with E-state index >= 15 is 0 Å². The van der Waals surface area contributed by atoms with Crippen LogP contribution in [-0.4, -0.2) is 39.2 Å². The number of nitrogens with zero attached hydrogens (tertiary/aromatic N) is 3. The molecule has 32 heavy (non-hydrogen) atoms. The summed E-state index contributed by atoms with van der Waals surface area (Å²) in [5.41, 5.74) is 2.86. The summed E-state index contributed by atoms with van der Waals surface area (Å²) in [6, 6.07) is 17.7. The summed E-state index contributed by atoms with van der Waals surface area (Å²) in [6.45, 7) is 2.65. The molecule has 2 amide bonds. The summed E-state index contributed by atoms with van der Waals surface area (Å²) in [5.74, 6) is 1.24. The van der Waals surface area contributed by atoms with Crippen LogP contribution >= 0.6 is 0 Å². The molecule has 1 atom stereocenters. The van der Waals surface area contributed by atoms with E-state index < -0.39 is 6.04 Å². The summed E-state index contributed by atoms with van der Waals surface area (Å²) in [4.78, 5) is 19.9. The number of rotatable bonds is 7. The summed E-state index contributed by atoms with van der Waals surface area (Å²) >= 11 is 0. The topological polar surface area (TPSA) is 85.9 Å². The van der Waals surface area contributed by atoms with Crippen molar-refractivity contribution in [2.45, 2.75) is 57.7 Å². The first-order valence-electron chi connectivity index (χ1n) is 11.4. The molecule has 1 aliphatic carbocycles. The van der Waals surface area contributed by atoms with E-state index in [9.17, 15) is 4.79 Å². The zero-order chi connectivity index (χ0) is 22.3. The van der Waals surface area contributed by atoms with E-state index in [4.69, 9.17) is 0 Å². The highest BCUT2D eigenvalue weighted by Gasteiger charge is 2.22. The molecule has 7 heteroatoms. The van der Waals surface area contributed by atoms with Crippen LogP contribution in [0.3, 0.4) is 0 Å². The Morgan fingerprint density at radius 3 is 2.53 bits per heavy atom. The fraction of sp³-hybridized carbons (Fsp3) is 0.400. The SMILES string of the molecule is Cc1nc(C(NC(=O)Nc2ccccc2CN(C)C2CCCCC2)c2ccccc2)n[nH]1. The summed E-state index contributed by atoms with van der Waals surface area (Å²) in [7, 11) is 2.18. The Labute approximate surface area is 189 Å². The van der Waals surface area contributed by atoms with Gasteiger partial charge in [0.2, 0.25) is 0 Å². The summed E-state index contributed by atoms with van der Waals surface area (Å²) in [6.07, 6.45) is 6.45. The molecule has 0 saturated heterocycles. The van der Waals surface area contributed by atoms with Crippen LogP contribution in [0.5, 0.6) is 0 Å². The van der Waals surface area contributed by atoms with Gasteiger partial charge in [0.05, 0.1) is 0 Å². The summed E-state index contributed by atoms with van der Waals surface area (Å²) in [5, 5.41) is 13.2. The molecule has 0 spiro atoms. The van der Waals surface area contributed by atoms with Crippen molar-refractivity contribution in [1.29, 1.82) is 0 Å².